The molecule has 1 fully saturated rings. The van der Waals surface area contributed by atoms with Crippen LogP contribution in [-0.2, 0) is 18.4 Å². The number of nitro benzene ring substituents is 1. The number of likely N-dealkylation sites (tertiary alicyclic amines) is 1. The van der Waals surface area contributed by atoms with Gasteiger partial charge in [0.2, 0.25) is 11.9 Å². The quantitative estimate of drug-likeness (QED) is 0.165. The van der Waals surface area contributed by atoms with E-state index in [-0.39, 0.29) is 23.9 Å². The van der Waals surface area contributed by atoms with Gasteiger partial charge in [-0.2, -0.15) is 0 Å². The van der Waals surface area contributed by atoms with Crippen molar-refractivity contribution in [3.05, 3.63) is 70.0 Å². The molecule has 0 atom stereocenters. The lowest BCUT2D eigenvalue weighted by molar-refractivity contribution is -0.384. The normalized spacial score (nSPS) is 12.8. The van der Waals surface area contributed by atoms with Crippen LogP contribution in [0.5, 0.6) is 0 Å². The van der Waals surface area contributed by atoms with Crippen LogP contribution in [0, 0.1) is 17.0 Å². The molecule has 216 valence electrons. The number of nitrogens with zero attached hydrogens (tertiary/aromatic N) is 7. The minimum Gasteiger partial charge on any atom is -0.368 e. The van der Waals surface area contributed by atoms with Crippen molar-refractivity contribution in [3.63, 3.8) is 0 Å². The SMILES string of the molecule is C.Cc1cc(N(C)CCN(C)C)c([N+](=O)[O-])cc1Nc1nccc(-c2c(CN3CCC3=O)n(C)c3ccccc23)n1. The number of carbonyl (C=O) groups excluding carboxylic acids is 1. The van der Waals surface area contributed by atoms with Crippen molar-refractivity contribution in [2.24, 2.45) is 7.05 Å². The van der Waals surface area contributed by atoms with Crippen LogP contribution in [0.1, 0.15) is 25.1 Å². The van der Waals surface area contributed by atoms with E-state index >= 15 is 0 Å². The molecule has 0 aliphatic carbocycles. The summed E-state index contributed by atoms with van der Waals surface area (Å²) < 4.78 is 2.12. The number of hydrogen-bond acceptors (Lipinski definition) is 8. The number of hydrogen-bond donors (Lipinski definition) is 1. The van der Waals surface area contributed by atoms with E-state index in [1.54, 1.807) is 12.3 Å². The van der Waals surface area contributed by atoms with Gasteiger partial charge in [0.05, 0.1) is 22.8 Å². The molecule has 0 radical (unpaired) electrons. The molecule has 3 heterocycles. The first kappa shape index (κ1) is 29.5. The van der Waals surface area contributed by atoms with Crippen molar-refractivity contribution in [3.8, 4) is 11.3 Å². The van der Waals surface area contributed by atoms with Crippen LogP contribution < -0.4 is 10.2 Å². The van der Waals surface area contributed by atoms with Crippen LogP contribution in [0.3, 0.4) is 0 Å². The largest absolute Gasteiger partial charge is 0.368 e. The lowest BCUT2D eigenvalue weighted by Gasteiger charge is -2.31. The second-order valence-electron chi connectivity index (χ2n) is 10.5. The molecule has 5 rings (SSSR count). The monoisotopic (exact) mass is 558 g/mol. The molecule has 4 aromatic rings. The summed E-state index contributed by atoms with van der Waals surface area (Å²) in [7, 11) is 7.81. The Kier molecular flexibility index (Phi) is 8.57. The van der Waals surface area contributed by atoms with Gasteiger partial charge in [0.25, 0.3) is 5.69 Å². The Morgan fingerprint density at radius 1 is 1.12 bits per heavy atom. The molecule has 1 aliphatic rings. The first-order valence-electron chi connectivity index (χ1n) is 13.2. The predicted molar refractivity (Wildman–Crippen MR) is 164 cm³/mol. The summed E-state index contributed by atoms with van der Waals surface area (Å²) in [4.78, 5) is 38.8. The zero-order valence-corrected chi connectivity index (χ0v) is 23.5. The molecule has 1 N–H and O–H groups in total. The van der Waals surface area contributed by atoms with E-state index < -0.39 is 0 Å². The second kappa shape index (κ2) is 11.9. The van der Waals surface area contributed by atoms with Gasteiger partial charge >= 0.3 is 0 Å². The fourth-order valence-corrected chi connectivity index (χ4v) is 5.04. The Morgan fingerprint density at radius 2 is 1.88 bits per heavy atom. The van der Waals surface area contributed by atoms with Gasteiger partial charge in [0.1, 0.15) is 5.69 Å². The summed E-state index contributed by atoms with van der Waals surface area (Å²) in [5.41, 5.74) is 5.69. The van der Waals surface area contributed by atoms with E-state index in [0.29, 0.717) is 42.5 Å². The number of fused-ring (bicyclic) bond motifs is 1. The molecule has 0 saturated carbocycles. The highest BCUT2D eigenvalue weighted by atomic mass is 16.6. The highest BCUT2D eigenvalue weighted by Crippen LogP contribution is 2.37. The highest BCUT2D eigenvalue weighted by Gasteiger charge is 2.28. The molecular weight excluding hydrogens is 520 g/mol. The predicted octanol–water partition coefficient (Wildman–Crippen LogP) is 4.96. The van der Waals surface area contributed by atoms with Gasteiger partial charge in [-0.05, 0) is 44.8 Å². The summed E-state index contributed by atoms with van der Waals surface area (Å²) in [5.74, 6) is 0.483. The maximum absolute atomic E-state index is 12.1. The number of amides is 1. The lowest BCUT2D eigenvalue weighted by atomic mass is 10.1. The van der Waals surface area contributed by atoms with E-state index in [4.69, 9.17) is 4.98 Å². The van der Waals surface area contributed by atoms with Gasteiger partial charge in [-0.25, -0.2) is 9.97 Å². The zero-order chi connectivity index (χ0) is 28.6. The molecule has 1 saturated heterocycles. The Bertz CT molecular complexity index is 1600. The van der Waals surface area contributed by atoms with Crippen molar-refractivity contribution >= 4 is 39.8 Å². The van der Waals surface area contributed by atoms with Crippen LogP contribution >= 0.6 is 0 Å². The molecule has 11 heteroatoms. The Morgan fingerprint density at radius 3 is 2.54 bits per heavy atom. The molecule has 0 spiro atoms. The zero-order valence-electron chi connectivity index (χ0n) is 23.5. The van der Waals surface area contributed by atoms with E-state index in [0.717, 1.165) is 40.8 Å². The van der Waals surface area contributed by atoms with Gasteiger partial charge in [-0.3, -0.25) is 14.9 Å². The summed E-state index contributed by atoms with van der Waals surface area (Å²) in [6, 6.07) is 13.3. The van der Waals surface area contributed by atoms with Crippen molar-refractivity contribution in [1.82, 2.24) is 24.3 Å². The maximum Gasteiger partial charge on any atom is 0.294 e. The molecule has 2 aromatic carbocycles. The lowest BCUT2D eigenvalue weighted by Crippen LogP contribution is -2.42. The second-order valence-corrected chi connectivity index (χ2v) is 10.5. The van der Waals surface area contributed by atoms with Gasteiger partial charge in [-0.1, -0.05) is 25.6 Å². The maximum atomic E-state index is 12.1. The van der Waals surface area contributed by atoms with E-state index in [1.165, 1.54) is 0 Å². The molecular formula is C30H38N8O3. The fourth-order valence-electron chi connectivity index (χ4n) is 5.04. The molecule has 2 aromatic heterocycles. The number of likely N-dealkylation sites (N-methyl/N-ethyl adjacent to an activating group) is 2. The number of benzene rings is 2. The summed E-state index contributed by atoms with van der Waals surface area (Å²) in [6.07, 6.45) is 2.26. The van der Waals surface area contributed by atoms with Crippen LogP contribution in [0.4, 0.5) is 23.0 Å². The highest BCUT2D eigenvalue weighted by molar-refractivity contribution is 5.97. The van der Waals surface area contributed by atoms with Gasteiger partial charge < -0.3 is 24.6 Å². The average molecular weight is 559 g/mol. The van der Waals surface area contributed by atoms with Crippen molar-refractivity contribution in [1.29, 1.82) is 0 Å². The number of aromatic nitrogens is 3. The van der Waals surface area contributed by atoms with Crippen molar-refractivity contribution < 1.29 is 9.72 Å². The minimum atomic E-state index is -0.358. The van der Waals surface area contributed by atoms with Gasteiger partial charge in [-0.15, -0.1) is 0 Å². The molecule has 41 heavy (non-hydrogen) atoms. The topological polar surface area (TPSA) is 113 Å². The third kappa shape index (κ3) is 5.85. The first-order chi connectivity index (χ1) is 19.1. The molecule has 0 unspecified atom stereocenters. The van der Waals surface area contributed by atoms with Gasteiger partial charge in [0.15, 0.2) is 0 Å². The summed E-state index contributed by atoms with van der Waals surface area (Å²) in [6.45, 7) is 4.58. The molecule has 0 bridgehead atoms. The summed E-state index contributed by atoms with van der Waals surface area (Å²) in [5, 5.41) is 16.3. The number of rotatable bonds is 10. The van der Waals surface area contributed by atoms with Crippen LogP contribution in [0.25, 0.3) is 22.2 Å². The number of nitro groups is 1. The molecule has 1 aliphatic heterocycles. The van der Waals surface area contributed by atoms with Crippen LogP contribution in [0.15, 0.2) is 48.7 Å². The fraction of sp³-hybridized carbons (Fsp3) is 0.367. The number of carbonyl (C=O) groups is 1. The smallest absolute Gasteiger partial charge is 0.294 e. The number of β-lactam (4-membered cyclic amide) rings is 1. The molecule has 1 amide bonds. The van der Waals surface area contributed by atoms with Crippen LogP contribution in [0.2, 0.25) is 0 Å². The molecule has 11 nitrogen and oxygen atoms in total. The number of para-hydroxylation sites is 1. The first-order valence-corrected chi connectivity index (χ1v) is 13.2. The third-order valence-electron chi connectivity index (χ3n) is 7.49. The van der Waals surface area contributed by atoms with Crippen molar-refractivity contribution in [2.75, 3.05) is 51.0 Å². The van der Waals surface area contributed by atoms with Gasteiger partial charge in [0, 0.05) is 74.6 Å². The third-order valence-corrected chi connectivity index (χ3v) is 7.49. The van der Waals surface area contributed by atoms with E-state index in [2.05, 4.69) is 27.0 Å². The Labute approximate surface area is 240 Å². The van der Waals surface area contributed by atoms with E-state index in [9.17, 15) is 14.9 Å². The van der Waals surface area contributed by atoms with Crippen molar-refractivity contribution in [2.45, 2.75) is 27.3 Å². The summed E-state index contributed by atoms with van der Waals surface area (Å²) >= 11 is 0. The number of anilines is 3. The minimum absolute atomic E-state index is 0. The number of nitrogens with one attached hydrogen (secondary N) is 1. The van der Waals surface area contributed by atoms with Crippen LogP contribution in [-0.4, -0.2) is 75.9 Å². The Balaban J connectivity index is 0.00000387. The number of aryl methyl sites for hydroxylation is 2. The Hall–Kier alpha value is -4.51. The van der Waals surface area contributed by atoms with E-state index in [1.807, 2.05) is 74.1 Å². The standard InChI is InChI=1S/C29H34N8O3.CH4/c1-19-16-24(34(4)15-14-33(2)3)25(37(39)40)17-22(19)32-29-30-12-10-21(31-29)28-20-8-6-7-9-23(20)35(5)26(28)18-36-13-11-27(36)38;/h6-10,12,16-17H,11,13-15,18H2,1-5H3,(H,30,31,32);1H4. The average Bonchev–Trinajstić information content (AvgIpc) is 3.21.